The van der Waals surface area contributed by atoms with Crippen LogP contribution in [0.1, 0.15) is 24.2 Å². The van der Waals surface area contributed by atoms with Crippen LogP contribution in [-0.2, 0) is 10.0 Å². The third kappa shape index (κ3) is 3.52. The topological polar surface area (TPSA) is 115 Å². The maximum absolute atomic E-state index is 12.0. The van der Waals surface area contributed by atoms with Crippen LogP contribution in [0.3, 0.4) is 0 Å². The molecular weight excluding hydrogens is 254 g/mol. The van der Waals surface area contributed by atoms with Gasteiger partial charge in [-0.3, -0.25) is 4.79 Å². The van der Waals surface area contributed by atoms with Gasteiger partial charge < -0.3 is 11.5 Å². The first-order chi connectivity index (χ1) is 8.18. The van der Waals surface area contributed by atoms with Crippen LogP contribution in [0.4, 0.5) is 0 Å². The summed E-state index contributed by atoms with van der Waals surface area (Å²) in [4.78, 5) is 10.9. The van der Waals surface area contributed by atoms with Crippen LogP contribution in [-0.4, -0.2) is 26.4 Å². The predicted octanol–water partition coefficient (Wildman–Crippen LogP) is -0.199. The zero-order valence-electron chi connectivity index (χ0n) is 10.3. The third-order valence-corrected chi connectivity index (χ3v) is 4.08. The second-order valence-corrected chi connectivity index (χ2v) is 6.26. The number of hydrogen-bond donors (Lipinski definition) is 3. The zero-order chi connectivity index (χ0) is 14.0. The van der Waals surface area contributed by atoms with Crippen molar-refractivity contribution in [3.05, 3.63) is 29.8 Å². The summed E-state index contributed by atoms with van der Waals surface area (Å²) in [5, 5.41) is 0. The van der Waals surface area contributed by atoms with E-state index in [2.05, 4.69) is 4.72 Å². The molecule has 1 aromatic rings. The Morgan fingerprint density at radius 2 is 1.78 bits per heavy atom. The van der Waals surface area contributed by atoms with E-state index in [1.54, 1.807) is 13.8 Å². The maximum Gasteiger partial charge on any atom is 0.248 e. The van der Waals surface area contributed by atoms with Gasteiger partial charge in [-0.05, 0) is 38.1 Å². The number of rotatable bonds is 5. The van der Waals surface area contributed by atoms with Crippen molar-refractivity contribution in [1.29, 1.82) is 0 Å². The van der Waals surface area contributed by atoms with Gasteiger partial charge in [0.05, 0.1) is 4.90 Å². The van der Waals surface area contributed by atoms with Gasteiger partial charge in [-0.25, -0.2) is 13.1 Å². The van der Waals surface area contributed by atoms with Gasteiger partial charge in [0.2, 0.25) is 15.9 Å². The SMILES string of the molecule is CC(C)(CN)NS(=O)(=O)c1ccc(C(N)=O)cc1. The number of amides is 1. The summed E-state index contributed by atoms with van der Waals surface area (Å²) in [6.07, 6.45) is 0. The van der Waals surface area contributed by atoms with Crippen molar-refractivity contribution in [3.8, 4) is 0 Å². The smallest absolute Gasteiger partial charge is 0.248 e. The van der Waals surface area contributed by atoms with Crippen molar-refractivity contribution < 1.29 is 13.2 Å². The number of primary amides is 1. The van der Waals surface area contributed by atoms with E-state index in [0.29, 0.717) is 0 Å². The molecule has 0 radical (unpaired) electrons. The minimum absolute atomic E-state index is 0.0639. The van der Waals surface area contributed by atoms with E-state index in [-0.39, 0.29) is 17.0 Å². The third-order valence-electron chi connectivity index (χ3n) is 2.37. The van der Waals surface area contributed by atoms with Crippen molar-refractivity contribution in [2.45, 2.75) is 24.3 Å². The van der Waals surface area contributed by atoms with Crippen LogP contribution >= 0.6 is 0 Å². The lowest BCUT2D eigenvalue weighted by atomic mass is 10.1. The first kappa shape index (κ1) is 14.6. The van der Waals surface area contributed by atoms with E-state index in [4.69, 9.17) is 11.5 Å². The molecular formula is C11H17N3O3S. The summed E-state index contributed by atoms with van der Waals surface area (Å²) in [6, 6.07) is 5.39. The number of nitrogens with one attached hydrogen (secondary N) is 1. The largest absolute Gasteiger partial charge is 0.366 e. The van der Waals surface area contributed by atoms with Crippen molar-refractivity contribution in [1.82, 2.24) is 4.72 Å². The molecule has 0 atom stereocenters. The molecule has 0 aliphatic heterocycles. The van der Waals surface area contributed by atoms with Crippen molar-refractivity contribution in [3.63, 3.8) is 0 Å². The van der Waals surface area contributed by atoms with E-state index in [9.17, 15) is 13.2 Å². The average Bonchev–Trinajstić information content (AvgIpc) is 2.28. The molecule has 1 rings (SSSR count). The highest BCUT2D eigenvalue weighted by atomic mass is 32.2. The van der Waals surface area contributed by atoms with Gasteiger partial charge in [0.25, 0.3) is 0 Å². The number of carbonyl (C=O) groups is 1. The predicted molar refractivity (Wildman–Crippen MR) is 68.4 cm³/mol. The van der Waals surface area contributed by atoms with Crippen LogP contribution in [0.15, 0.2) is 29.2 Å². The molecule has 0 spiro atoms. The maximum atomic E-state index is 12.0. The Kier molecular flexibility index (Phi) is 4.10. The van der Waals surface area contributed by atoms with Crippen molar-refractivity contribution in [2.24, 2.45) is 11.5 Å². The Bertz CT molecular complexity index is 535. The number of hydrogen-bond acceptors (Lipinski definition) is 4. The Hall–Kier alpha value is -1.44. The number of nitrogens with two attached hydrogens (primary N) is 2. The molecule has 18 heavy (non-hydrogen) atoms. The number of sulfonamides is 1. The lowest BCUT2D eigenvalue weighted by Gasteiger charge is -2.23. The van der Waals surface area contributed by atoms with Crippen LogP contribution in [0, 0.1) is 0 Å². The van der Waals surface area contributed by atoms with Crippen LogP contribution in [0.25, 0.3) is 0 Å². The Morgan fingerprint density at radius 1 is 1.28 bits per heavy atom. The molecule has 0 aromatic heterocycles. The number of benzene rings is 1. The van der Waals surface area contributed by atoms with Gasteiger partial charge in [0.1, 0.15) is 0 Å². The first-order valence-corrected chi connectivity index (χ1v) is 6.80. The standard InChI is InChI=1S/C11H17N3O3S/c1-11(2,7-12)14-18(16,17)9-5-3-8(4-6-9)10(13)15/h3-6,14H,7,12H2,1-2H3,(H2,13,15). The molecule has 6 nitrogen and oxygen atoms in total. The zero-order valence-corrected chi connectivity index (χ0v) is 11.1. The van der Waals surface area contributed by atoms with E-state index < -0.39 is 21.5 Å². The molecule has 0 fully saturated rings. The Labute approximate surface area is 106 Å². The molecule has 0 saturated carbocycles. The van der Waals surface area contributed by atoms with Gasteiger partial charge in [-0.15, -0.1) is 0 Å². The minimum Gasteiger partial charge on any atom is -0.366 e. The summed E-state index contributed by atoms with van der Waals surface area (Å²) in [6.45, 7) is 3.54. The molecule has 7 heteroatoms. The number of carbonyl (C=O) groups excluding carboxylic acids is 1. The van der Waals surface area contributed by atoms with Crippen LogP contribution in [0.2, 0.25) is 0 Å². The molecule has 1 aromatic carbocycles. The van der Waals surface area contributed by atoms with Gasteiger partial charge in [-0.1, -0.05) is 0 Å². The van der Waals surface area contributed by atoms with Gasteiger partial charge in [0.15, 0.2) is 0 Å². The summed E-state index contributed by atoms with van der Waals surface area (Å²) in [5.74, 6) is -0.603. The first-order valence-electron chi connectivity index (χ1n) is 5.32. The minimum atomic E-state index is -3.65. The molecule has 0 saturated heterocycles. The van der Waals surface area contributed by atoms with Crippen LogP contribution < -0.4 is 16.2 Å². The quantitative estimate of drug-likeness (QED) is 0.687. The van der Waals surface area contributed by atoms with Gasteiger partial charge in [-0.2, -0.15) is 0 Å². The Morgan fingerprint density at radius 3 is 2.17 bits per heavy atom. The summed E-state index contributed by atoms with van der Waals surface area (Å²) >= 11 is 0. The lowest BCUT2D eigenvalue weighted by molar-refractivity contribution is 0.1000. The molecule has 0 heterocycles. The van der Waals surface area contributed by atoms with Gasteiger partial charge in [0, 0.05) is 17.6 Å². The van der Waals surface area contributed by atoms with Gasteiger partial charge >= 0.3 is 0 Å². The lowest BCUT2D eigenvalue weighted by Crippen LogP contribution is -2.48. The highest BCUT2D eigenvalue weighted by Crippen LogP contribution is 2.13. The molecule has 1 amide bonds. The highest BCUT2D eigenvalue weighted by Gasteiger charge is 2.24. The highest BCUT2D eigenvalue weighted by molar-refractivity contribution is 7.89. The van der Waals surface area contributed by atoms with Crippen molar-refractivity contribution >= 4 is 15.9 Å². The molecule has 5 N–H and O–H groups in total. The normalized spacial score (nSPS) is 12.4. The van der Waals surface area contributed by atoms with E-state index in [1.807, 2.05) is 0 Å². The molecule has 0 unspecified atom stereocenters. The van der Waals surface area contributed by atoms with E-state index >= 15 is 0 Å². The van der Waals surface area contributed by atoms with E-state index in [0.717, 1.165) is 0 Å². The molecule has 100 valence electrons. The fraction of sp³-hybridized carbons (Fsp3) is 0.364. The molecule has 0 bridgehead atoms. The van der Waals surface area contributed by atoms with Crippen molar-refractivity contribution in [2.75, 3.05) is 6.54 Å². The van der Waals surface area contributed by atoms with E-state index in [1.165, 1.54) is 24.3 Å². The Balaban J connectivity index is 3.03. The fourth-order valence-corrected chi connectivity index (χ4v) is 2.69. The molecule has 0 aliphatic rings. The summed E-state index contributed by atoms with van der Waals surface area (Å²) in [5.41, 5.74) is 10.1. The second kappa shape index (κ2) is 5.05. The summed E-state index contributed by atoms with van der Waals surface area (Å²) < 4.78 is 26.5. The molecule has 0 aliphatic carbocycles. The fourth-order valence-electron chi connectivity index (χ4n) is 1.26. The average molecular weight is 271 g/mol. The van der Waals surface area contributed by atoms with Crippen LogP contribution in [0.5, 0.6) is 0 Å². The summed E-state index contributed by atoms with van der Waals surface area (Å²) in [7, 11) is -3.65. The monoisotopic (exact) mass is 271 g/mol. The second-order valence-electron chi connectivity index (χ2n) is 4.58.